The third-order valence-corrected chi connectivity index (χ3v) is 5.75. The van der Waals surface area contributed by atoms with E-state index in [1.807, 2.05) is 42.5 Å². The normalized spacial score (nSPS) is 17.4. The van der Waals surface area contributed by atoms with Crippen molar-refractivity contribution in [2.75, 3.05) is 6.54 Å². The molecule has 1 heterocycles. The summed E-state index contributed by atoms with van der Waals surface area (Å²) in [6.45, 7) is 2.10. The Kier molecular flexibility index (Phi) is 8.29. The lowest BCUT2D eigenvalue weighted by Crippen LogP contribution is -2.53. The van der Waals surface area contributed by atoms with E-state index in [1.165, 1.54) is 5.56 Å². The van der Waals surface area contributed by atoms with Gasteiger partial charge in [0.15, 0.2) is 0 Å². The highest BCUT2D eigenvalue weighted by Gasteiger charge is 2.44. The molecule has 1 aliphatic heterocycles. The zero-order chi connectivity index (χ0) is 24.7. The molecular weight excluding hydrogens is 447 g/mol. The van der Waals surface area contributed by atoms with E-state index in [4.69, 9.17) is 0 Å². The minimum absolute atomic E-state index is 0.0117. The van der Waals surface area contributed by atoms with Crippen LogP contribution in [0.15, 0.2) is 48.5 Å². The predicted molar refractivity (Wildman–Crippen MR) is 119 cm³/mol. The van der Waals surface area contributed by atoms with Crippen molar-refractivity contribution < 1.29 is 27.6 Å². The standard InChI is InChI=1S/C25H26F3N3O3/c1-2-17-6-10-19(11-7-17)20-12-8-18(9-13-20)15-21(16-29)30-23(32)22-5-3-4-14-31(22)34-24(33)25(26,27)28/h6-13,21-22H,2-5,14-15H2,1H3,(H,30,32)/t21-,22-/m0/s1. The van der Waals surface area contributed by atoms with E-state index >= 15 is 0 Å². The van der Waals surface area contributed by atoms with E-state index in [9.17, 15) is 28.0 Å². The lowest BCUT2D eigenvalue weighted by molar-refractivity contribution is -0.248. The number of halogens is 3. The van der Waals surface area contributed by atoms with Gasteiger partial charge in [0.05, 0.1) is 6.07 Å². The second kappa shape index (κ2) is 11.2. The Labute approximate surface area is 196 Å². The van der Waals surface area contributed by atoms with Crippen LogP contribution in [-0.4, -0.2) is 41.7 Å². The minimum Gasteiger partial charge on any atom is -0.360 e. The number of carbonyl (C=O) groups is 2. The fraction of sp³-hybridized carbons (Fsp3) is 0.400. The van der Waals surface area contributed by atoms with Crippen LogP contribution in [0, 0.1) is 11.3 Å². The second-order valence-corrected chi connectivity index (χ2v) is 8.17. The van der Waals surface area contributed by atoms with Crippen molar-refractivity contribution in [3.8, 4) is 17.2 Å². The molecule has 0 saturated carbocycles. The first-order chi connectivity index (χ1) is 16.2. The minimum atomic E-state index is -5.15. The molecule has 0 aliphatic carbocycles. The van der Waals surface area contributed by atoms with E-state index in [1.54, 1.807) is 0 Å². The summed E-state index contributed by atoms with van der Waals surface area (Å²) in [7, 11) is 0. The number of nitrogens with zero attached hydrogens (tertiary/aromatic N) is 2. The van der Waals surface area contributed by atoms with E-state index in [0.717, 1.165) is 28.2 Å². The van der Waals surface area contributed by atoms with Crippen LogP contribution < -0.4 is 5.32 Å². The predicted octanol–water partition coefficient (Wildman–Crippen LogP) is 4.34. The molecular formula is C25H26F3N3O3. The van der Waals surface area contributed by atoms with Crippen LogP contribution in [0.4, 0.5) is 13.2 Å². The van der Waals surface area contributed by atoms with Gasteiger partial charge in [0.1, 0.15) is 12.1 Å². The number of aryl methyl sites for hydroxylation is 1. The molecule has 180 valence electrons. The van der Waals surface area contributed by atoms with Gasteiger partial charge in [0, 0.05) is 13.0 Å². The number of alkyl halides is 3. The number of amides is 1. The van der Waals surface area contributed by atoms with Crippen molar-refractivity contribution in [3.05, 3.63) is 59.7 Å². The van der Waals surface area contributed by atoms with Crippen LogP contribution in [0.3, 0.4) is 0 Å². The molecule has 2 aromatic rings. The van der Waals surface area contributed by atoms with E-state index < -0.39 is 30.1 Å². The Balaban J connectivity index is 1.62. The summed E-state index contributed by atoms with van der Waals surface area (Å²) in [5.41, 5.74) is 4.16. The molecule has 1 N–H and O–H groups in total. The number of rotatable bonds is 7. The molecule has 0 unspecified atom stereocenters. The third-order valence-electron chi connectivity index (χ3n) is 5.75. The first-order valence-electron chi connectivity index (χ1n) is 11.1. The highest BCUT2D eigenvalue weighted by molar-refractivity contribution is 5.83. The van der Waals surface area contributed by atoms with Gasteiger partial charge >= 0.3 is 12.1 Å². The molecule has 2 atom stereocenters. The van der Waals surface area contributed by atoms with Gasteiger partial charge < -0.3 is 10.2 Å². The zero-order valence-corrected chi connectivity index (χ0v) is 18.8. The molecule has 34 heavy (non-hydrogen) atoms. The van der Waals surface area contributed by atoms with E-state index in [0.29, 0.717) is 12.8 Å². The van der Waals surface area contributed by atoms with Gasteiger partial charge in [0.2, 0.25) is 5.91 Å². The van der Waals surface area contributed by atoms with Crippen molar-refractivity contribution in [2.24, 2.45) is 0 Å². The highest BCUT2D eigenvalue weighted by Crippen LogP contribution is 2.23. The van der Waals surface area contributed by atoms with Crippen LogP contribution in [0.2, 0.25) is 0 Å². The number of nitriles is 1. The first kappa shape index (κ1) is 25.2. The van der Waals surface area contributed by atoms with Gasteiger partial charge in [-0.1, -0.05) is 55.5 Å². The largest absolute Gasteiger partial charge is 0.492 e. The quantitative estimate of drug-likeness (QED) is 0.647. The van der Waals surface area contributed by atoms with Crippen LogP contribution >= 0.6 is 0 Å². The molecule has 1 fully saturated rings. The van der Waals surface area contributed by atoms with Gasteiger partial charge in [-0.3, -0.25) is 4.79 Å². The lowest BCUT2D eigenvalue weighted by Gasteiger charge is -2.33. The molecule has 6 nitrogen and oxygen atoms in total. The lowest BCUT2D eigenvalue weighted by atomic mass is 9.99. The maximum Gasteiger partial charge on any atom is 0.492 e. The fourth-order valence-electron chi connectivity index (χ4n) is 3.83. The Morgan fingerprint density at radius 3 is 2.21 bits per heavy atom. The molecule has 0 bridgehead atoms. The zero-order valence-electron chi connectivity index (χ0n) is 18.8. The molecule has 2 aromatic carbocycles. The van der Waals surface area contributed by atoms with Crippen LogP contribution in [0.1, 0.15) is 37.3 Å². The average molecular weight is 473 g/mol. The van der Waals surface area contributed by atoms with Crippen molar-refractivity contribution in [2.45, 2.75) is 57.3 Å². The summed E-state index contributed by atoms with van der Waals surface area (Å²) in [4.78, 5) is 28.3. The van der Waals surface area contributed by atoms with Crippen LogP contribution in [0.5, 0.6) is 0 Å². The monoisotopic (exact) mass is 473 g/mol. The summed E-state index contributed by atoms with van der Waals surface area (Å²) >= 11 is 0. The topological polar surface area (TPSA) is 82.4 Å². The molecule has 0 radical (unpaired) electrons. The van der Waals surface area contributed by atoms with Gasteiger partial charge in [-0.15, -0.1) is 5.06 Å². The van der Waals surface area contributed by atoms with Crippen LogP contribution in [0.25, 0.3) is 11.1 Å². The van der Waals surface area contributed by atoms with Crippen molar-refractivity contribution >= 4 is 11.9 Å². The number of benzene rings is 2. The SMILES string of the molecule is CCc1ccc(-c2ccc(C[C@@H](C#N)NC(=O)[C@@H]3CCCCN3OC(=O)C(F)(F)F)cc2)cc1. The summed E-state index contributed by atoms with van der Waals surface area (Å²) in [5.74, 6) is -3.01. The second-order valence-electron chi connectivity index (χ2n) is 8.17. The number of hydrogen-bond acceptors (Lipinski definition) is 5. The molecule has 0 spiro atoms. The van der Waals surface area contributed by atoms with E-state index in [-0.39, 0.29) is 19.4 Å². The highest BCUT2D eigenvalue weighted by atomic mass is 19.4. The molecule has 9 heteroatoms. The molecule has 3 rings (SSSR count). The van der Waals surface area contributed by atoms with Crippen molar-refractivity contribution in [3.63, 3.8) is 0 Å². The summed E-state index contributed by atoms with van der Waals surface area (Å²) in [5, 5.41) is 12.9. The Hall–Kier alpha value is -3.38. The van der Waals surface area contributed by atoms with Crippen molar-refractivity contribution in [1.82, 2.24) is 10.4 Å². The van der Waals surface area contributed by atoms with Gasteiger partial charge in [-0.2, -0.15) is 18.4 Å². The maximum absolute atomic E-state index is 12.7. The number of carbonyl (C=O) groups excluding carboxylic acids is 2. The number of hydroxylamine groups is 2. The Morgan fingerprint density at radius 2 is 1.68 bits per heavy atom. The number of nitrogens with one attached hydrogen (secondary N) is 1. The van der Waals surface area contributed by atoms with Crippen LogP contribution in [-0.2, 0) is 27.3 Å². The molecule has 1 aliphatic rings. The van der Waals surface area contributed by atoms with E-state index in [2.05, 4.69) is 29.2 Å². The van der Waals surface area contributed by atoms with Gasteiger partial charge in [-0.25, -0.2) is 4.79 Å². The summed E-state index contributed by atoms with van der Waals surface area (Å²) in [6, 6.07) is 15.9. The van der Waals surface area contributed by atoms with Crippen molar-refractivity contribution in [1.29, 1.82) is 5.26 Å². The Bertz CT molecular complexity index is 1030. The molecule has 1 saturated heterocycles. The smallest absolute Gasteiger partial charge is 0.360 e. The first-order valence-corrected chi connectivity index (χ1v) is 11.1. The average Bonchev–Trinajstić information content (AvgIpc) is 2.83. The molecule has 1 amide bonds. The Morgan fingerprint density at radius 1 is 1.09 bits per heavy atom. The third kappa shape index (κ3) is 6.58. The van der Waals surface area contributed by atoms with Gasteiger partial charge in [-0.05, 0) is 47.9 Å². The summed E-state index contributed by atoms with van der Waals surface area (Å²) in [6.07, 6.45) is -2.66. The maximum atomic E-state index is 12.7. The fourth-order valence-corrected chi connectivity index (χ4v) is 3.83. The summed E-state index contributed by atoms with van der Waals surface area (Å²) < 4.78 is 37.7. The molecule has 0 aromatic heterocycles. The number of hydrogen-bond donors (Lipinski definition) is 1. The number of piperidine rings is 1. The van der Waals surface area contributed by atoms with Gasteiger partial charge in [0.25, 0.3) is 0 Å².